The summed E-state index contributed by atoms with van der Waals surface area (Å²) in [6.45, 7) is 8.15. The molecule has 30 heavy (non-hydrogen) atoms. The van der Waals surface area contributed by atoms with Gasteiger partial charge in [-0.1, -0.05) is 18.2 Å². The van der Waals surface area contributed by atoms with Gasteiger partial charge in [-0.2, -0.15) is 10.2 Å². The Morgan fingerprint density at radius 1 is 1.00 bits per heavy atom. The third-order valence-electron chi connectivity index (χ3n) is 5.25. The largest absolute Gasteiger partial charge is 0.377 e. The molecule has 1 atom stereocenters. The molecule has 1 aliphatic rings. The van der Waals surface area contributed by atoms with Gasteiger partial charge in [-0.15, -0.1) is 0 Å². The van der Waals surface area contributed by atoms with Crippen LogP contribution in [0.2, 0.25) is 0 Å². The van der Waals surface area contributed by atoms with Crippen molar-refractivity contribution < 1.29 is 4.74 Å². The molecule has 154 valence electrons. The predicted molar refractivity (Wildman–Crippen MR) is 113 cm³/mol. The van der Waals surface area contributed by atoms with Crippen LogP contribution in [0.15, 0.2) is 49.2 Å². The smallest absolute Gasteiger partial charge is 0.163 e. The lowest BCUT2D eigenvalue weighted by atomic mass is 10.1. The SMILES string of the molecule is CC(C)(C)n1ncc2c(N3CCOCC3c3ncnn3-c3ccccc3)ncnc21. The number of hydrogen-bond donors (Lipinski definition) is 0. The first-order valence-electron chi connectivity index (χ1n) is 10.0. The Bertz CT molecular complexity index is 1160. The van der Waals surface area contributed by atoms with Crippen LogP contribution >= 0.6 is 0 Å². The second kappa shape index (κ2) is 7.17. The third-order valence-corrected chi connectivity index (χ3v) is 5.25. The molecular weight excluding hydrogens is 380 g/mol. The van der Waals surface area contributed by atoms with Gasteiger partial charge in [-0.05, 0) is 32.9 Å². The van der Waals surface area contributed by atoms with E-state index in [1.165, 1.54) is 0 Å². The molecule has 9 nitrogen and oxygen atoms in total. The Balaban J connectivity index is 1.60. The van der Waals surface area contributed by atoms with Crippen molar-refractivity contribution in [3.8, 4) is 5.69 Å². The summed E-state index contributed by atoms with van der Waals surface area (Å²) in [5.41, 5.74) is 1.61. The summed E-state index contributed by atoms with van der Waals surface area (Å²) >= 11 is 0. The van der Waals surface area contributed by atoms with Gasteiger partial charge < -0.3 is 9.64 Å². The molecule has 1 unspecified atom stereocenters. The Kier molecular flexibility index (Phi) is 4.47. The lowest BCUT2D eigenvalue weighted by Gasteiger charge is -2.36. The van der Waals surface area contributed by atoms with Crippen LogP contribution < -0.4 is 4.90 Å². The molecule has 4 aromatic rings. The first-order chi connectivity index (χ1) is 14.5. The molecule has 1 aliphatic heterocycles. The van der Waals surface area contributed by atoms with E-state index in [4.69, 9.17) is 4.74 Å². The first-order valence-corrected chi connectivity index (χ1v) is 10.0. The summed E-state index contributed by atoms with van der Waals surface area (Å²) in [4.78, 5) is 16.0. The number of morpholine rings is 1. The highest BCUT2D eigenvalue weighted by Gasteiger charge is 2.32. The molecule has 0 amide bonds. The van der Waals surface area contributed by atoms with Crippen LogP contribution in [-0.2, 0) is 10.3 Å². The highest BCUT2D eigenvalue weighted by Crippen LogP contribution is 2.33. The molecule has 3 aromatic heterocycles. The van der Waals surface area contributed by atoms with E-state index in [9.17, 15) is 0 Å². The molecule has 0 radical (unpaired) electrons. The van der Waals surface area contributed by atoms with Crippen molar-refractivity contribution in [2.75, 3.05) is 24.7 Å². The molecule has 1 aromatic carbocycles. The molecule has 0 spiro atoms. The average molecular weight is 404 g/mol. The maximum Gasteiger partial charge on any atom is 0.163 e. The van der Waals surface area contributed by atoms with Crippen LogP contribution in [0.5, 0.6) is 0 Å². The molecule has 9 heteroatoms. The van der Waals surface area contributed by atoms with Crippen LogP contribution in [0, 0.1) is 0 Å². The monoisotopic (exact) mass is 404 g/mol. The van der Waals surface area contributed by atoms with Gasteiger partial charge in [0.2, 0.25) is 0 Å². The zero-order valence-electron chi connectivity index (χ0n) is 17.3. The first kappa shape index (κ1) is 18.7. The van der Waals surface area contributed by atoms with E-state index in [2.05, 4.69) is 50.8 Å². The summed E-state index contributed by atoms with van der Waals surface area (Å²) in [5.74, 6) is 1.65. The molecular formula is C21H24N8O. The van der Waals surface area contributed by atoms with E-state index in [1.807, 2.05) is 45.9 Å². The number of para-hydroxylation sites is 1. The van der Waals surface area contributed by atoms with Crippen molar-refractivity contribution in [1.82, 2.24) is 34.5 Å². The van der Waals surface area contributed by atoms with E-state index in [0.29, 0.717) is 19.8 Å². The van der Waals surface area contributed by atoms with Gasteiger partial charge in [-0.25, -0.2) is 24.3 Å². The van der Waals surface area contributed by atoms with Gasteiger partial charge in [0, 0.05) is 6.54 Å². The van der Waals surface area contributed by atoms with Crippen molar-refractivity contribution in [3.63, 3.8) is 0 Å². The van der Waals surface area contributed by atoms with Crippen molar-refractivity contribution in [1.29, 1.82) is 0 Å². The van der Waals surface area contributed by atoms with Crippen LogP contribution in [0.1, 0.15) is 32.6 Å². The minimum absolute atomic E-state index is 0.127. The number of nitrogens with zero attached hydrogens (tertiary/aromatic N) is 8. The van der Waals surface area contributed by atoms with Gasteiger partial charge in [0.15, 0.2) is 11.5 Å². The lowest BCUT2D eigenvalue weighted by Crippen LogP contribution is -2.41. The quantitative estimate of drug-likeness (QED) is 0.519. The predicted octanol–water partition coefficient (Wildman–Crippen LogP) is 2.74. The van der Waals surface area contributed by atoms with E-state index < -0.39 is 0 Å². The molecule has 4 heterocycles. The number of aromatic nitrogens is 7. The Morgan fingerprint density at radius 2 is 1.83 bits per heavy atom. The third kappa shape index (κ3) is 3.11. The van der Waals surface area contributed by atoms with Crippen LogP contribution in [0.3, 0.4) is 0 Å². The molecule has 0 N–H and O–H groups in total. The van der Waals surface area contributed by atoms with Crippen molar-refractivity contribution in [3.05, 3.63) is 55.0 Å². The summed E-state index contributed by atoms with van der Waals surface area (Å²) in [6, 6.07) is 9.87. The molecule has 0 bridgehead atoms. The fourth-order valence-corrected chi connectivity index (χ4v) is 3.87. The van der Waals surface area contributed by atoms with Gasteiger partial charge in [-0.3, -0.25) is 0 Å². The average Bonchev–Trinajstić information content (AvgIpc) is 3.41. The van der Waals surface area contributed by atoms with E-state index >= 15 is 0 Å². The Hall–Kier alpha value is -3.33. The van der Waals surface area contributed by atoms with Gasteiger partial charge in [0.1, 0.15) is 24.5 Å². The minimum atomic E-state index is -0.175. The Morgan fingerprint density at radius 3 is 2.63 bits per heavy atom. The molecule has 1 saturated heterocycles. The number of anilines is 1. The summed E-state index contributed by atoms with van der Waals surface area (Å²) in [7, 11) is 0. The summed E-state index contributed by atoms with van der Waals surface area (Å²) in [6.07, 6.45) is 5.04. The Labute approximate surface area is 174 Å². The fraction of sp³-hybridized carbons (Fsp3) is 0.381. The van der Waals surface area contributed by atoms with Crippen molar-refractivity contribution in [2.45, 2.75) is 32.4 Å². The number of ether oxygens (including phenoxy) is 1. The zero-order valence-corrected chi connectivity index (χ0v) is 17.3. The molecule has 0 saturated carbocycles. The summed E-state index contributed by atoms with van der Waals surface area (Å²) < 4.78 is 9.64. The standard InChI is InChI=1S/C21H24N8O/c1-21(2,3)29-19-16(11-25-29)18(22-13-23-19)27-9-10-30-12-17(27)20-24-14-26-28(20)15-7-5-4-6-8-15/h4-8,11,13-14,17H,9-10,12H2,1-3H3. The van der Waals surface area contributed by atoms with Crippen LogP contribution in [-0.4, -0.2) is 54.3 Å². The molecule has 0 aliphatic carbocycles. The van der Waals surface area contributed by atoms with Crippen LogP contribution in [0.25, 0.3) is 16.7 Å². The highest BCUT2D eigenvalue weighted by molar-refractivity contribution is 5.87. The van der Waals surface area contributed by atoms with Gasteiger partial charge in [0.25, 0.3) is 0 Å². The maximum atomic E-state index is 5.83. The maximum absolute atomic E-state index is 5.83. The number of hydrogen-bond acceptors (Lipinski definition) is 7. The second-order valence-electron chi connectivity index (χ2n) is 8.31. The zero-order chi connectivity index (χ0) is 20.7. The number of fused-ring (bicyclic) bond motifs is 1. The van der Waals surface area contributed by atoms with Gasteiger partial charge >= 0.3 is 0 Å². The highest BCUT2D eigenvalue weighted by atomic mass is 16.5. The van der Waals surface area contributed by atoms with Crippen LogP contribution in [0.4, 0.5) is 5.82 Å². The fourth-order valence-electron chi connectivity index (χ4n) is 3.87. The lowest BCUT2D eigenvalue weighted by molar-refractivity contribution is 0.0908. The normalized spacial score (nSPS) is 17.6. The second-order valence-corrected chi connectivity index (χ2v) is 8.31. The topological polar surface area (TPSA) is 86.8 Å². The van der Waals surface area contributed by atoms with E-state index in [0.717, 1.165) is 28.4 Å². The van der Waals surface area contributed by atoms with Crippen molar-refractivity contribution in [2.24, 2.45) is 0 Å². The van der Waals surface area contributed by atoms with Gasteiger partial charge in [0.05, 0.1) is 36.0 Å². The summed E-state index contributed by atoms with van der Waals surface area (Å²) in [5, 5.41) is 9.98. The minimum Gasteiger partial charge on any atom is -0.377 e. The molecule has 1 fully saturated rings. The van der Waals surface area contributed by atoms with E-state index in [-0.39, 0.29) is 11.6 Å². The number of benzene rings is 1. The number of rotatable bonds is 3. The van der Waals surface area contributed by atoms with E-state index in [1.54, 1.807) is 12.7 Å². The van der Waals surface area contributed by atoms with Crippen molar-refractivity contribution >= 4 is 16.9 Å². The molecule has 5 rings (SSSR count).